The number of fused-ring (bicyclic) bond motifs is 2. The van der Waals surface area contributed by atoms with E-state index in [0.29, 0.717) is 25.3 Å². The summed E-state index contributed by atoms with van der Waals surface area (Å²) in [5.41, 5.74) is -4.94. The van der Waals surface area contributed by atoms with E-state index in [9.17, 15) is 24.9 Å². The molecule has 7 bridgehead atoms. The molecule has 0 unspecified atom stereocenters. The number of aliphatic hydroxyl groups is 3. The average Bonchev–Trinajstić information content (AvgIpc) is 3.44. The van der Waals surface area contributed by atoms with Crippen LogP contribution in [0.4, 0.5) is 0 Å². The summed E-state index contributed by atoms with van der Waals surface area (Å²) in [6.45, 7) is 4.64. The van der Waals surface area contributed by atoms with Gasteiger partial charge in [0.05, 0.1) is 37.6 Å². The van der Waals surface area contributed by atoms with Crippen LogP contribution in [-0.2, 0) is 33.2 Å². The lowest BCUT2D eigenvalue weighted by Gasteiger charge is -2.70. The summed E-state index contributed by atoms with van der Waals surface area (Å²) in [7, 11) is 7.77. The minimum atomic E-state index is -1.86. The van der Waals surface area contributed by atoms with Gasteiger partial charge in [-0.1, -0.05) is 6.92 Å². The fourth-order valence-corrected chi connectivity index (χ4v) is 12.5. The number of aliphatic hydroxyl groups excluding tert-OH is 2. The molecule has 5 aliphatic carbocycles. The third-order valence-corrected chi connectivity index (χ3v) is 13.5. The van der Waals surface area contributed by atoms with Crippen LogP contribution in [0.3, 0.4) is 0 Å². The van der Waals surface area contributed by atoms with E-state index in [1.165, 1.54) is 21.1 Å². The van der Waals surface area contributed by atoms with Gasteiger partial charge in [-0.15, -0.1) is 0 Å². The maximum atomic E-state index is 13.9. The van der Waals surface area contributed by atoms with Crippen LogP contribution in [-0.4, -0.2) is 141 Å². The van der Waals surface area contributed by atoms with Crippen LogP contribution in [0.25, 0.3) is 0 Å². The molecule has 0 aromatic heterocycles. The Morgan fingerprint density at radius 2 is 1.69 bits per heavy atom. The first-order valence-corrected chi connectivity index (χ1v) is 16.9. The highest BCUT2D eigenvalue weighted by Crippen LogP contribution is 2.80. The smallest absolute Gasteiger partial charge is 0.338 e. The molecule has 3 N–H and O–H groups in total. The molecule has 7 rings (SSSR count). The molecular weight excluding hydrogens is 626 g/mol. The highest BCUT2D eigenvalue weighted by Gasteiger charge is 2.92. The summed E-state index contributed by atoms with van der Waals surface area (Å²) in [6, 6.07) is 6.10. The second kappa shape index (κ2) is 11.6. The third-order valence-electron chi connectivity index (χ3n) is 13.5. The molecule has 1 aromatic rings. The number of carbonyl (C=O) groups excluding carboxylic acids is 2. The Bertz CT molecular complexity index is 1430. The Hall–Kier alpha value is -2.36. The van der Waals surface area contributed by atoms with Crippen molar-refractivity contribution in [1.29, 1.82) is 0 Å². The van der Waals surface area contributed by atoms with Gasteiger partial charge in [0.25, 0.3) is 0 Å². The van der Waals surface area contributed by atoms with Crippen LogP contribution in [0.5, 0.6) is 5.75 Å². The van der Waals surface area contributed by atoms with Gasteiger partial charge >= 0.3 is 11.9 Å². The van der Waals surface area contributed by atoms with E-state index in [2.05, 4.69) is 4.90 Å². The van der Waals surface area contributed by atoms with Gasteiger partial charge in [-0.2, -0.15) is 0 Å². The number of benzene rings is 1. The Morgan fingerprint density at radius 3 is 2.25 bits per heavy atom. The number of hydrogen-bond donors (Lipinski definition) is 3. The van der Waals surface area contributed by atoms with Crippen molar-refractivity contribution in [3.8, 4) is 5.75 Å². The van der Waals surface area contributed by atoms with Crippen LogP contribution in [0.2, 0.25) is 0 Å². The van der Waals surface area contributed by atoms with Gasteiger partial charge in [-0.3, -0.25) is 9.69 Å². The monoisotopic (exact) mass is 675 g/mol. The van der Waals surface area contributed by atoms with Gasteiger partial charge in [-0.05, 0) is 43.1 Å². The molecule has 48 heavy (non-hydrogen) atoms. The number of ether oxygens (including phenoxy) is 7. The van der Waals surface area contributed by atoms with Gasteiger partial charge in [0.2, 0.25) is 0 Å². The molecule has 1 aromatic carbocycles. The molecule has 6 fully saturated rings. The number of methoxy groups -OCH3 is 5. The van der Waals surface area contributed by atoms with Crippen molar-refractivity contribution in [1.82, 2.24) is 4.90 Å². The molecule has 6 aliphatic rings. The molecule has 5 saturated carbocycles. The Labute approximate surface area is 280 Å². The second-order valence-corrected chi connectivity index (χ2v) is 14.8. The number of likely N-dealkylation sites (tertiary alicyclic amines) is 1. The number of piperidine rings is 1. The maximum absolute atomic E-state index is 13.9. The lowest BCUT2D eigenvalue weighted by atomic mass is 9.42. The van der Waals surface area contributed by atoms with Gasteiger partial charge in [0, 0.05) is 83.0 Å². The molecule has 13 heteroatoms. The number of nitrogens with zero attached hydrogens (tertiary/aromatic N) is 1. The normalized spacial score (nSPS) is 48.2. The summed E-state index contributed by atoms with van der Waals surface area (Å²) < 4.78 is 42.7. The highest BCUT2D eigenvalue weighted by atomic mass is 16.6. The predicted octanol–water partition coefficient (Wildman–Crippen LogP) is 0.657. The van der Waals surface area contributed by atoms with E-state index in [1.54, 1.807) is 45.6 Å². The van der Waals surface area contributed by atoms with Crippen molar-refractivity contribution in [3.05, 3.63) is 29.8 Å². The molecular formula is C35H49NO12. The first-order valence-electron chi connectivity index (χ1n) is 16.9. The van der Waals surface area contributed by atoms with E-state index >= 15 is 0 Å². The topological polar surface area (TPSA) is 163 Å². The summed E-state index contributed by atoms with van der Waals surface area (Å²) in [4.78, 5) is 29.5. The minimum absolute atomic E-state index is 0.0591. The fourth-order valence-electron chi connectivity index (χ4n) is 12.5. The zero-order chi connectivity index (χ0) is 34.6. The Morgan fingerprint density at radius 1 is 0.979 bits per heavy atom. The van der Waals surface area contributed by atoms with Crippen molar-refractivity contribution in [2.45, 2.75) is 80.6 Å². The largest absolute Gasteiger partial charge is 0.497 e. The van der Waals surface area contributed by atoms with Crippen molar-refractivity contribution in [3.63, 3.8) is 0 Å². The molecule has 1 saturated heterocycles. The van der Waals surface area contributed by atoms with Crippen LogP contribution in [0.15, 0.2) is 24.3 Å². The third kappa shape index (κ3) is 3.90. The van der Waals surface area contributed by atoms with E-state index in [1.807, 2.05) is 6.92 Å². The van der Waals surface area contributed by atoms with Gasteiger partial charge in [0.1, 0.15) is 29.7 Å². The van der Waals surface area contributed by atoms with E-state index in [-0.39, 0.29) is 24.6 Å². The SMILES string of the molecule is CCN1C[C@@]2(COC)[C@H](O)C[C@H](OC)[C@@]34[C@@H]5C[C@@]6(O)[C@H](OC(=O)c7ccc(OC)cc7)[C@H]5[C@](OC(C)=O)([C@@H]([C@@H](OC)[C@H]23)[C@@H]14)[C@@H](O)[C@@H]6OC. The van der Waals surface area contributed by atoms with E-state index in [4.69, 9.17) is 33.2 Å². The molecule has 15 atom stereocenters. The summed E-state index contributed by atoms with van der Waals surface area (Å²) in [5, 5.41) is 37.4. The molecule has 0 radical (unpaired) electrons. The quantitative estimate of drug-likeness (QED) is 0.297. The number of carbonyl (C=O) groups is 2. The van der Waals surface area contributed by atoms with Crippen LogP contribution >= 0.6 is 0 Å². The summed E-state index contributed by atoms with van der Waals surface area (Å²) in [6.07, 6.45) is -5.64. The van der Waals surface area contributed by atoms with Gasteiger partial charge in [-0.25, -0.2) is 4.79 Å². The number of esters is 2. The minimum Gasteiger partial charge on any atom is -0.497 e. The first kappa shape index (κ1) is 34.1. The van der Waals surface area contributed by atoms with Crippen molar-refractivity contribution in [2.24, 2.45) is 34.5 Å². The van der Waals surface area contributed by atoms with Crippen LogP contribution < -0.4 is 4.74 Å². The fraction of sp³-hybridized carbons (Fsp3) is 0.771. The molecule has 266 valence electrons. The predicted molar refractivity (Wildman–Crippen MR) is 167 cm³/mol. The van der Waals surface area contributed by atoms with Crippen molar-refractivity contribution >= 4 is 11.9 Å². The van der Waals surface area contributed by atoms with Crippen molar-refractivity contribution in [2.75, 3.05) is 55.2 Å². The number of rotatable bonds is 10. The van der Waals surface area contributed by atoms with E-state index < -0.39 is 94.3 Å². The molecule has 13 nitrogen and oxygen atoms in total. The zero-order valence-corrected chi connectivity index (χ0v) is 28.7. The first-order chi connectivity index (χ1) is 22.9. The Balaban J connectivity index is 1.50. The molecule has 1 aliphatic heterocycles. The van der Waals surface area contributed by atoms with Gasteiger partial charge in [0.15, 0.2) is 5.60 Å². The van der Waals surface area contributed by atoms with Crippen LogP contribution in [0, 0.1) is 34.5 Å². The average molecular weight is 676 g/mol. The van der Waals surface area contributed by atoms with E-state index in [0.717, 1.165) is 0 Å². The molecule has 1 heterocycles. The Kier molecular flexibility index (Phi) is 8.24. The lowest BCUT2D eigenvalue weighted by molar-refractivity contribution is -0.322. The number of hydrogen-bond acceptors (Lipinski definition) is 13. The second-order valence-electron chi connectivity index (χ2n) is 14.8. The van der Waals surface area contributed by atoms with Crippen molar-refractivity contribution < 1.29 is 58.1 Å². The summed E-state index contributed by atoms with van der Waals surface area (Å²) in [5.74, 6) is -3.23. The highest BCUT2D eigenvalue weighted by molar-refractivity contribution is 5.89. The molecule has 0 amide bonds. The standard InChI is InChI=1S/C35H49NO12/c1-8-36-15-32(16-42-3)21(38)13-22(44-5)34-20-14-33(41)29(47-31(40)18-9-11-19(43-4)12-10-18)23(20)35(48-17(2)37,28(39)30(33)46-7)24(27(34)36)25(45-6)26(32)34/h9-12,20-30,38-39,41H,8,13-16H2,1-7H3/t20-,21-,22+,23+,24+,25-,26-,27-,28+,29-,30+,32-,33-,34+,35+/m1/s1. The summed E-state index contributed by atoms with van der Waals surface area (Å²) >= 11 is 0. The van der Waals surface area contributed by atoms with Gasteiger partial charge < -0.3 is 48.5 Å². The zero-order valence-electron chi connectivity index (χ0n) is 28.7. The molecule has 1 spiro atoms. The lowest BCUT2D eigenvalue weighted by Crippen LogP contribution is -2.81. The maximum Gasteiger partial charge on any atom is 0.338 e. The van der Waals surface area contributed by atoms with Crippen LogP contribution in [0.1, 0.15) is 37.0 Å².